The van der Waals surface area contributed by atoms with Gasteiger partial charge in [0.2, 0.25) is 5.95 Å². The molecule has 182 valence electrons. The lowest BCUT2D eigenvalue weighted by Crippen LogP contribution is -2.37. The average Bonchev–Trinajstić information content (AvgIpc) is 2.86. The fourth-order valence-electron chi connectivity index (χ4n) is 4.75. The minimum atomic E-state index is 0.412. The number of aryl methyl sites for hydroxylation is 1. The van der Waals surface area contributed by atoms with E-state index in [1.54, 1.807) is 14.2 Å². The van der Waals surface area contributed by atoms with Gasteiger partial charge in [-0.15, -0.1) is 0 Å². The number of hydrogen-bond donors (Lipinski definition) is 2. The van der Waals surface area contributed by atoms with Crippen molar-refractivity contribution in [2.75, 3.05) is 45.1 Å². The van der Waals surface area contributed by atoms with Gasteiger partial charge in [0.15, 0.2) is 0 Å². The molecule has 0 radical (unpaired) electrons. The van der Waals surface area contributed by atoms with Crippen LogP contribution in [0.1, 0.15) is 37.7 Å². The second-order valence-corrected chi connectivity index (χ2v) is 9.21. The lowest BCUT2D eigenvalue weighted by Gasteiger charge is -2.30. The fraction of sp³-hybridized carbons (Fsp3) is 0.481. The van der Waals surface area contributed by atoms with Gasteiger partial charge in [0.1, 0.15) is 17.3 Å². The van der Waals surface area contributed by atoms with E-state index < -0.39 is 0 Å². The first-order chi connectivity index (χ1) is 16.6. The summed E-state index contributed by atoms with van der Waals surface area (Å²) in [6.45, 7) is 1.00. The molecule has 0 bridgehead atoms. The van der Waals surface area contributed by atoms with Crippen molar-refractivity contribution in [2.45, 2.75) is 50.6 Å². The normalized spacial score (nSPS) is 18.0. The predicted molar refractivity (Wildman–Crippen MR) is 139 cm³/mol. The van der Waals surface area contributed by atoms with Crippen LogP contribution in [-0.4, -0.2) is 56.9 Å². The molecule has 4 rings (SSSR count). The summed E-state index contributed by atoms with van der Waals surface area (Å²) in [5, 5.41) is 8.43. The second kappa shape index (κ2) is 11.4. The summed E-state index contributed by atoms with van der Waals surface area (Å²) >= 11 is 0. The highest BCUT2D eigenvalue weighted by molar-refractivity contribution is 5.90. The van der Waals surface area contributed by atoms with Crippen LogP contribution < -0.4 is 25.0 Å². The molecule has 7 heteroatoms. The van der Waals surface area contributed by atoms with Crippen molar-refractivity contribution in [3.8, 4) is 11.5 Å². The van der Waals surface area contributed by atoms with Crippen LogP contribution in [0.4, 0.5) is 11.8 Å². The van der Waals surface area contributed by atoms with E-state index in [0.717, 1.165) is 79.2 Å². The smallest absolute Gasteiger partial charge is 0.225 e. The molecule has 0 spiro atoms. The van der Waals surface area contributed by atoms with Crippen molar-refractivity contribution in [1.29, 1.82) is 0 Å². The number of methoxy groups -OCH3 is 2. The Labute approximate surface area is 202 Å². The highest BCUT2D eigenvalue weighted by Gasteiger charge is 2.22. The van der Waals surface area contributed by atoms with Crippen molar-refractivity contribution in [3.05, 3.63) is 48.0 Å². The summed E-state index contributed by atoms with van der Waals surface area (Å²) in [6, 6.07) is 15.2. The molecular formula is C27H37N5O2. The van der Waals surface area contributed by atoms with E-state index in [1.165, 1.54) is 5.56 Å². The minimum absolute atomic E-state index is 0.412. The zero-order valence-corrected chi connectivity index (χ0v) is 20.8. The molecular weight excluding hydrogens is 426 g/mol. The quantitative estimate of drug-likeness (QED) is 0.424. The summed E-state index contributed by atoms with van der Waals surface area (Å²) in [7, 11) is 7.48. The maximum Gasteiger partial charge on any atom is 0.225 e. The zero-order valence-electron chi connectivity index (χ0n) is 20.8. The minimum Gasteiger partial charge on any atom is -0.497 e. The van der Waals surface area contributed by atoms with Gasteiger partial charge in [-0.3, -0.25) is 0 Å². The number of aromatic nitrogens is 2. The fourth-order valence-corrected chi connectivity index (χ4v) is 4.75. The molecule has 0 unspecified atom stereocenters. The monoisotopic (exact) mass is 463 g/mol. The lowest BCUT2D eigenvalue weighted by molar-refractivity contribution is 0.352. The van der Waals surface area contributed by atoms with Gasteiger partial charge in [0.25, 0.3) is 0 Å². The van der Waals surface area contributed by atoms with Crippen LogP contribution in [0.5, 0.6) is 11.5 Å². The molecule has 1 saturated carbocycles. The topological polar surface area (TPSA) is 71.5 Å². The first-order valence-corrected chi connectivity index (χ1v) is 12.2. The number of para-hydroxylation sites is 1. The van der Waals surface area contributed by atoms with E-state index in [1.807, 2.05) is 38.4 Å². The Hall–Kier alpha value is -3.06. The van der Waals surface area contributed by atoms with Crippen LogP contribution in [0.15, 0.2) is 42.5 Å². The van der Waals surface area contributed by atoms with Crippen LogP contribution >= 0.6 is 0 Å². The number of hydrogen-bond acceptors (Lipinski definition) is 7. The number of benzene rings is 2. The van der Waals surface area contributed by atoms with E-state index in [-0.39, 0.29) is 0 Å². The third kappa shape index (κ3) is 5.89. The van der Waals surface area contributed by atoms with Crippen LogP contribution in [0.2, 0.25) is 0 Å². The number of rotatable bonds is 10. The summed E-state index contributed by atoms with van der Waals surface area (Å²) in [6.07, 6.45) is 6.60. The molecule has 1 aliphatic carbocycles. The first kappa shape index (κ1) is 24.1. The number of ether oxygens (including phenoxy) is 2. The Bertz CT molecular complexity index is 1080. The molecule has 34 heavy (non-hydrogen) atoms. The number of fused-ring (bicyclic) bond motifs is 1. The van der Waals surface area contributed by atoms with Crippen molar-refractivity contribution < 1.29 is 9.47 Å². The van der Waals surface area contributed by atoms with E-state index in [0.29, 0.717) is 12.1 Å². The number of nitrogens with zero attached hydrogens (tertiary/aromatic N) is 3. The Morgan fingerprint density at radius 2 is 1.71 bits per heavy atom. The van der Waals surface area contributed by atoms with Crippen LogP contribution in [0.25, 0.3) is 10.9 Å². The zero-order chi connectivity index (χ0) is 23.9. The molecule has 1 fully saturated rings. The molecule has 1 aliphatic rings. The summed E-state index contributed by atoms with van der Waals surface area (Å²) in [4.78, 5) is 11.6. The second-order valence-electron chi connectivity index (χ2n) is 9.21. The van der Waals surface area contributed by atoms with Crippen molar-refractivity contribution in [2.24, 2.45) is 0 Å². The average molecular weight is 464 g/mol. The van der Waals surface area contributed by atoms with Gasteiger partial charge in [0, 0.05) is 31.6 Å². The Kier molecular flexibility index (Phi) is 8.06. The van der Waals surface area contributed by atoms with Gasteiger partial charge >= 0.3 is 0 Å². The highest BCUT2D eigenvalue weighted by atomic mass is 16.5. The van der Waals surface area contributed by atoms with Gasteiger partial charge in [-0.1, -0.05) is 12.1 Å². The van der Waals surface area contributed by atoms with Gasteiger partial charge in [0.05, 0.1) is 19.7 Å². The molecule has 0 atom stereocenters. The molecule has 1 heterocycles. The van der Waals surface area contributed by atoms with Crippen LogP contribution in [-0.2, 0) is 6.42 Å². The third-order valence-electron chi connectivity index (χ3n) is 6.61. The maximum atomic E-state index is 5.50. The van der Waals surface area contributed by atoms with E-state index in [9.17, 15) is 0 Å². The van der Waals surface area contributed by atoms with Gasteiger partial charge in [-0.2, -0.15) is 4.98 Å². The maximum absolute atomic E-state index is 5.50. The summed E-state index contributed by atoms with van der Waals surface area (Å²) in [5.41, 5.74) is 2.18. The Morgan fingerprint density at radius 1 is 0.941 bits per heavy atom. The van der Waals surface area contributed by atoms with Crippen LogP contribution in [0.3, 0.4) is 0 Å². The molecule has 3 aromatic rings. The number of anilines is 2. The molecule has 1 aromatic heterocycles. The van der Waals surface area contributed by atoms with Gasteiger partial charge in [-0.25, -0.2) is 4.98 Å². The summed E-state index contributed by atoms with van der Waals surface area (Å²) < 4.78 is 10.9. The predicted octanol–water partition coefficient (Wildman–Crippen LogP) is 4.66. The highest BCUT2D eigenvalue weighted by Crippen LogP contribution is 2.27. The molecule has 0 saturated heterocycles. The van der Waals surface area contributed by atoms with Crippen LogP contribution in [0, 0.1) is 0 Å². The molecule has 2 aromatic carbocycles. The van der Waals surface area contributed by atoms with Gasteiger partial charge < -0.3 is 25.0 Å². The first-order valence-electron chi connectivity index (χ1n) is 12.2. The largest absolute Gasteiger partial charge is 0.497 e. The summed E-state index contributed by atoms with van der Waals surface area (Å²) in [5.74, 6) is 3.49. The Morgan fingerprint density at radius 3 is 2.44 bits per heavy atom. The van der Waals surface area contributed by atoms with Gasteiger partial charge in [-0.05, 0) is 81.0 Å². The molecule has 0 aliphatic heterocycles. The van der Waals surface area contributed by atoms with Crippen molar-refractivity contribution in [1.82, 2.24) is 15.3 Å². The lowest BCUT2D eigenvalue weighted by atomic mass is 9.91. The molecule has 2 N–H and O–H groups in total. The molecule has 7 nitrogen and oxygen atoms in total. The molecule has 0 amide bonds. The van der Waals surface area contributed by atoms with Crippen molar-refractivity contribution >= 4 is 22.7 Å². The standard InChI is InChI=1S/C27H37N5O2/c1-32(2)26-23-9-5-6-10-24(23)30-27(31-26)29-21-13-11-20(12-14-21)28-17-7-8-19-18-22(33-3)15-16-25(19)34-4/h5-6,9-10,15-16,18,20-21,28H,7-8,11-14,17H2,1-4H3,(H,29,30,31). The third-order valence-corrected chi connectivity index (χ3v) is 6.61. The van der Waals surface area contributed by atoms with E-state index in [4.69, 9.17) is 19.4 Å². The SMILES string of the molecule is COc1ccc(OC)c(CCCNC2CCC(Nc3nc(N(C)C)c4ccccc4n3)CC2)c1. The van der Waals surface area contributed by atoms with E-state index in [2.05, 4.69) is 33.7 Å². The van der Waals surface area contributed by atoms with Crippen molar-refractivity contribution in [3.63, 3.8) is 0 Å². The Balaban J connectivity index is 1.24. The number of nitrogens with one attached hydrogen (secondary N) is 2. The van der Waals surface area contributed by atoms with E-state index >= 15 is 0 Å².